The molecular formula is C8H9F3N4O3. The molecule has 0 atom stereocenters. The molecule has 0 unspecified atom stereocenters. The highest BCUT2D eigenvalue weighted by atomic mass is 19.4. The number of carboxylic acid groups (broad SMARTS) is 1. The van der Waals surface area contributed by atoms with Gasteiger partial charge in [-0.05, 0) is 6.42 Å². The van der Waals surface area contributed by atoms with Crippen molar-refractivity contribution in [2.45, 2.75) is 25.9 Å². The number of carbonyl (C=O) groups excluding carboxylic acids is 2. The van der Waals surface area contributed by atoms with Crippen molar-refractivity contribution in [1.29, 1.82) is 5.53 Å². The first-order valence-corrected chi connectivity index (χ1v) is 4.43. The smallest absolute Gasteiger partial charge is 0.503 e. The van der Waals surface area contributed by atoms with Gasteiger partial charge >= 0.3 is 18.1 Å². The first-order valence-electron chi connectivity index (χ1n) is 4.43. The van der Waals surface area contributed by atoms with E-state index in [1.807, 2.05) is 0 Å². The predicted molar refractivity (Wildman–Crippen MR) is 48.6 cm³/mol. The molecule has 10 heteroatoms. The maximum atomic E-state index is 11.8. The minimum Gasteiger partial charge on any atom is -0.539 e. The normalized spacial score (nSPS) is 9.11. The molecule has 0 aromatic heterocycles. The molecule has 0 fully saturated rings. The average Bonchev–Trinajstić information content (AvgIpc) is 2.17. The largest absolute Gasteiger partial charge is 0.539 e. The van der Waals surface area contributed by atoms with Gasteiger partial charge in [-0.2, -0.15) is 18.0 Å². The molecule has 0 bridgehead atoms. The van der Waals surface area contributed by atoms with Crippen molar-refractivity contribution in [1.82, 2.24) is 0 Å². The number of hydrogen-bond acceptors (Lipinski definition) is 4. The van der Waals surface area contributed by atoms with Crippen LogP contribution in [0.3, 0.4) is 0 Å². The number of carboxylic acids is 1. The summed E-state index contributed by atoms with van der Waals surface area (Å²) in [5, 5.41) is 9.18. The van der Waals surface area contributed by atoms with Crippen LogP contribution in [0.25, 0.3) is 5.53 Å². The summed E-state index contributed by atoms with van der Waals surface area (Å²) in [6.45, 7) is 1.58. The zero-order chi connectivity index (χ0) is 14.8. The Morgan fingerprint density at radius 3 is 2.11 bits per heavy atom. The van der Waals surface area contributed by atoms with Crippen LogP contribution in [0.1, 0.15) is 19.8 Å². The monoisotopic (exact) mass is 266 g/mol. The lowest BCUT2D eigenvalue weighted by molar-refractivity contribution is -0.296. The summed E-state index contributed by atoms with van der Waals surface area (Å²) in [4.78, 5) is 24.1. The minimum absolute atomic E-state index is 0.225. The van der Waals surface area contributed by atoms with Crippen molar-refractivity contribution in [2.24, 2.45) is 0 Å². The quantitative estimate of drug-likeness (QED) is 0.423. The first kappa shape index (κ1) is 18.1. The molecule has 0 aliphatic heterocycles. The van der Waals surface area contributed by atoms with Crippen LogP contribution in [0.15, 0.2) is 0 Å². The topological polar surface area (TPSA) is 132 Å². The molecule has 0 heterocycles. The molecule has 1 N–H and O–H groups in total. The SMILES string of the molecule is CCCC(=O)C(=[N+]=N)C(F)(F)F.[N-]=[N+]=CC(=O)[O-]. The molecular weight excluding hydrogens is 257 g/mol. The highest BCUT2D eigenvalue weighted by Gasteiger charge is 2.50. The summed E-state index contributed by atoms with van der Waals surface area (Å²) < 4.78 is 35.5. The van der Waals surface area contributed by atoms with E-state index in [1.165, 1.54) is 0 Å². The van der Waals surface area contributed by atoms with Gasteiger partial charge in [0.25, 0.3) is 5.78 Å². The highest BCUT2D eigenvalue weighted by Crippen LogP contribution is 2.17. The first-order chi connectivity index (χ1) is 8.20. The molecule has 0 saturated heterocycles. The van der Waals surface area contributed by atoms with Gasteiger partial charge in [-0.15, -0.1) is 0 Å². The fraction of sp³-hybridized carbons (Fsp3) is 0.500. The number of hydrogen-bond donors (Lipinski definition) is 1. The van der Waals surface area contributed by atoms with E-state index in [9.17, 15) is 27.9 Å². The molecule has 0 rings (SSSR count). The van der Waals surface area contributed by atoms with Crippen LogP contribution in [-0.2, 0) is 9.59 Å². The van der Waals surface area contributed by atoms with Gasteiger partial charge < -0.3 is 15.4 Å². The fourth-order valence-corrected chi connectivity index (χ4v) is 0.676. The van der Waals surface area contributed by atoms with E-state index in [0.717, 1.165) is 0 Å². The number of nitrogens with one attached hydrogen (secondary N) is 1. The van der Waals surface area contributed by atoms with Gasteiger partial charge in [-0.25, -0.2) is 0 Å². The summed E-state index contributed by atoms with van der Waals surface area (Å²) >= 11 is 0. The maximum absolute atomic E-state index is 11.8. The average molecular weight is 266 g/mol. The summed E-state index contributed by atoms with van der Waals surface area (Å²) in [7, 11) is 0. The Morgan fingerprint density at radius 2 is 1.94 bits per heavy atom. The van der Waals surface area contributed by atoms with Crippen LogP contribution < -0.4 is 5.11 Å². The minimum atomic E-state index is -4.80. The van der Waals surface area contributed by atoms with Crippen LogP contribution in [0.4, 0.5) is 13.2 Å². The molecule has 7 nitrogen and oxygen atoms in total. The molecule has 0 saturated carbocycles. The van der Waals surface area contributed by atoms with Crippen molar-refractivity contribution in [3.63, 3.8) is 0 Å². The summed E-state index contributed by atoms with van der Waals surface area (Å²) in [5.41, 5.74) is 11.9. The summed E-state index contributed by atoms with van der Waals surface area (Å²) in [5.74, 6) is -2.63. The van der Waals surface area contributed by atoms with E-state index < -0.39 is 23.6 Å². The van der Waals surface area contributed by atoms with Crippen LogP contribution in [0.2, 0.25) is 0 Å². The number of alkyl halides is 3. The molecule has 100 valence electrons. The van der Waals surface area contributed by atoms with E-state index >= 15 is 0 Å². The van der Waals surface area contributed by atoms with Crippen LogP contribution in [0, 0.1) is 5.53 Å². The van der Waals surface area contributed by atoms with Gasteiger partial charge in [0.15, 0.2) is 0 Å². The maximum Gasteiger partial charge on any atom is 0.503 e. The van der Waals surface area contributed by atoms with Crippen molar-refractivity contribution >= 4 is 23.7 Å². The van der Waals surface area contributed by atoms with Gasteiger partial charge in [0, 0.05) is 6.42 Å². The fourth-order valence-electron chi connectivity index (χ4n) is 0.676. The van der Waals surface area contributed by atoms with Crippen molar-refractivity contribution in [3.8, 4) is 0 Å². The Kier molecular flexibility index (Phi) is 8.83. The highest BCUT2D eigenvalue weighted by molar-refractivity contribution is 6.39. The Hall–Kier alpha value is -2.31. The van der Waals surface area contributed by atoms with E-state index in [1.54, 1.807) is 6.92 Å². The van der Waals surface area contributed by atoms with Gasteiger partial charge in [0.1, 0.15) is 5.97 Å². The molecule has 0 aromatic rings. The Bertz CT molecular complexity index is 406. The number of rotatable bonds is 4. The van der Waals surface area contributed by atoms with E-state index in [4.69, 9.17) is 11.1 Å². The van der Waals surface area contributed by atoms with Crippen molar-refractivity contribution in [2.75, 3.05) is 0 Å². The molecule has 0 amide bonds. The zero-order valence-corrected chi connectivity index (χ0v) is 9.19. The van der Waals surface area contributed by atoms with Crippen LogP contribution in [-0.4, -0.2) is 39.4 Å². The molecule has 0 aliphatic rings. The second kappa shape index (κ2) is 8.80. The summed E-state index contributed by atoms with van der Waals surface area (Å²) in [6, 6.07) is 0. The van der Waals surface area contributed by atoms with Crippen LogP contribution in [0.5, 0.6) is 0 Å². The zero-order valence-electron chi connectivity index (χ0n) is 9.19. The Labute approximate surface area is 99.1 Å². The number of aliphatic carboxylic acids is 1. The molecule has 0 aromatic carbocycles. The Morgan fingerprint density at radius 1 is 1.44 bits per heavy atom. The van der Waals surface area contributed by atoms with Crippen molar-refractivity contribution in [3.05, 3.63) is 5.53 Å². The van der Waals surface area contributed by atoms with Gasteiger partial charge in [0.05, 0.1) is 10.3 Å². The van der Waals surface area contributed by atoms with Gasteiger partial charge in [0.2, 0.25) is 0 Å². The van der Waals surface area contributed by atoms with Gasteiger partial charge in [-0.3, -0.25) is 4.79 Å². The number of halogens is 3. The van der Waals surface area contributed by atoms with E-state index in [-0.39, 0.29) is 12.6 Å². The molecule has 0 spiro atoms. The van der Waals surface area contributed by atoms with Crippen molar-refractivity contribution < 1.29 is 37.4 Å². The Balaban J connectivity index is 0. The van der Waals surface area contributed by atoms with E-state index in [0.29, 0.717) is 6.42 Å². The summed E-state index contributed by atoms with van der Waals surface area (Å²) in [6.07, 6.45) is -4.43. The molecule has 0 aliphatic carbocycles. The second-order valence-electron chi connectivity index (χ2n) is 2.69. The number of nitrogens with zero attached hydrogens (tertiary/aromatic N) is 3. The second-order valence-corrected chi connectivity index (χ2v) is 2.69. The van der Waals surface area contributed by atoms with E-state index in [2.05, 4.69) is 9.58 Å². The standard InChI is InChI=1S/C6H8F3N2O.C2H2N2O2/c1-2-3-4(12)5(11-10)6(7,8)9;3-4-1-2(5)6/h10H,2-3H2,1H3;1H,(H,5,6)/q+1;/p-1. The third-order valence-electron chi connectivity index (χ3n) is 1.28. The predicted octanol–water partition coefficient (Wildman–Crippen LogP) is -0.365. The van der Waals surface area contributed by atoms with Gasteiger partial charge in [-0.1, -0.05) is 6.92 Å². The lowest BCUT2D eigenvalue weighted by atomic mass is 10.1. The number of carbonyl (C=O) groups is 2. The lowest BCUT2D eigenvalue weighted by Crippen LogP contribution is -2.31. The third-order valence-corrected chi connectivity index (χ3v) is 1.28. The van der Waals surface area contributed by atoms with Crippen LogP contribution >= 0.6 is 0 Å². The lowest BCUT2D eigenvalue weighted by Gasteiger charge is -1.96. The molecule has 18 heavy (non-hydrogen) atoms. The third kappa shape index (κ3) is 8.96. The molecule has 0 radical (unpaired) electrons. The number of Topliss-reactive ketones (excluding diaryl/α,β-unsaturated/α-hetero) is 1. The number of ketones is 1.